The van der Waals surface area contributed by atoms with Crippen LogP contribution in [0.1, 0.15) is 49.2 Å². The van der Waals surface area contributed by atoms with Gasteiger partial charge in [0.05, 0.1) is 0 Å². The maximum absolute atomic E-state index is 11.0. The predicted molar refractivity (Wildman–Crippen MR) is 81.5 cm³/mol. The fourth-order valence-corrected chi connectivity index (χ4v) is 3.29. The largest absolute Gasteiger partial charge is 0.475 e. The zero-order valence-corrected chi connectivity index (χ0v) is 12.5. The Morgan fingerprint density at radius 1 is 1.29 bits per heavy atom. The summed E-state index contributed by atoms with van der Waals surface area (Å²) in [5.41, 5.74) is 1.84. The lowest BCUT2D eigenvalue weighted by Gasteiger charge is -2.39. The van der Waals surface area contributed by atoms with E-state index in [4.69, 9.17) is 9.52 Å². The number of benzene rings is 1. The Morgan fingerprint density at radius 2 is 2.00 bits per heavy atom. The number of aromatic carboxylic acids is 1. The summed E-state index contributed by atoms with van der Waals surface area (Å²) in [6.45, 7) is 5.48. The highest BCUT2D eigenvalue weighted by atomic mass is 16.4. The van der Waals surface area contributed by atoms with Crippen LogP contribution in [0.4, 0.5) is 0 Å². The van der Waals surface area contributed by atoms with E-state index in [1.54, 1.807) is 6.07 Å². The zero-order valence-electron chi connectivity index (χ0n) is 12.5. The van der Waals surface area contributed by atoms with Gasteiger partial charge in [-0.3, -0.25) is 4.90 Å². The van der Waals surface area contributed by atoms with Crippen LogP contribution in [-0.4, -0.2) is 28.1 Å². The Bertz CT molecular complexity index is 651. The third-order valence-corrected chi connectivity index (χ3v) is 4.53. The highest BCUT2D eigenvalue weighted by molar-refractivity contribution is 5.91. The average molecular weight is 287 g/mol. The van der Waals surface area contributed by atoms with Gasteiger partial charge in [0.1, 0.15) is 5.58 Å². The van der Waals surface area contributed by atoms with Gasteiger partial charge in [-0.05, 0) is 50.5 Å². The molecule has 4 nitrogen and oxygen atoms in total. The normalized spacial score (nSPS) is 23.5. The fourth-order valence-electron chi connectivity index (χ4n) is 3.29. The molecule has 0 saturated carbocycles. The van der Waals surface area contributed by atoms with Crippen molar-refractivity contribution in [2.45, 2.75) is 51.7 Å². The van der Waals surface area contributed by atoms with Crippen LogP contribution in [0.5, 0.6) is 0 Å². The topological polar surface area (TPSA) is 53.7 Å². The number of carbonyl (C=O) groups is 1. The van der Waals surface area contributed by atoms with E-state index < -0.39 is 5.97 Å². The van der Waals surface area contributed by atoms with Gasteiger partial charge in [0, 0.05) is 24.0 Å². The van der Waals surface area contributed by atoms with Crippen LogP contribution >= 0.6 is 0 Å². The lowest BCUT2D eigenvalue weighted by atomic mass is 9.96. The summed E-state index contributed by atoms with van der Waals surface area (Å²) in [6.07, 6.45) is 3.81. The van der Waals surface area contributed by atoms with E-state index in [1.807, 2.05) is 18.2 Å². The molecule has 1 aromatic heterocycles. The molecule has 4 heteroatoms. The fraction of sp³-hybridized carbons (Fsp3) is 0.471. The molecule has 0 amide bonds. The summed E-state index contributed by atoms with van der Waals surface area (Å²) in [7, 11) is 0. The Kier molecular flexibility index (Phi) is 3.72. The molecule has 3 rings (SSSR count). The van der Waals surface area contributed by atoms with Crippen molar-refractivity contribution in [3.05, 3.63) is 35.6 Å². The van der Waals surface area contributed by atoms with Crippen molar-refractivity contribution in [3.8, 4) is 0 Å². The number of carboxylic acid groups (broad SMARTS) is 1. The average Bonchev–Trinajstić information content (AvgIpc) is 2.86. The Balaban J connectivity index is 1.85. The summed E-state index contributed by atoms with van der Waals surface area (Å²) >= 11 is 0. The molecule has 1 N–H and O–H groups in total. The minimum atomic E-state index is -1.02. The third-order valence-electron chi connectivity index (χ3n) is 4.53. The van der Waals surface area contributed by atoms with Gasteiger partial charge >= 0.3 is 5.97 Å². The summed E-state index contributed by atoms with van der Waals surface area (Å²) < 4.78 is 5.30. The van der Waals surface area contributed by atoms with Crippen LogP contribution in [0.15, 0.2) is 28.7 Å². The lowest BCUT2D eigenvalue weighted by Crippen LogP contribution is -2.42. The number of likely N-dealkylation sites (tertiary alicyclic amines) is 1. The molecule has 1 fully saturated rings. The SMILES string of the molecule is CC1CCCC(C)N1Cc1ccc2oc(C(=O)O)cc2c1. The molecule has 2 atom stereocenters. The first-order valence-electron chi connectivity index (χ1n) is 7.56. The molecular weight excluding hydrogens is 266 g/mol. The van der Waals surface area contributed by atoms with Gasteiger partial charge in [-0.1, -0.05) is 12.5 Å². The Labute approximate surface area is 124 Å². The Hall–Kier alpha value is -1.81. The van der Waals surface area contributed by atoms with E-state index >= 15 is 0 Å². The van der Waals surface area contributed by atoms with E-state index in [0.29, 0.717) is 17.7 Å². The molecule has 0 aliphatic carbocycles. The van der Waals surface area contributed by atoms with Crippen LogP contribution < -0.4 is 0 Å². The van der Waals surface area contributed by atoms with Crippen molar-refractivity contribution in [3.63, 3.8) is 0 Å². The molecule has 0 bridgehead atoms. The summed E-state index contributed by atoms with van der Waals surface area (Å²) in [5, 5.41) is 9.85. The van der Waals surface area contributed by atoms with E-state index in [2.05, 4.69) is 18.7 Å². The molecule has 1 aliphatic rings. The molecule has 2 aromatic rings. The number of piperidine rings is 1. The van der Waals surface area contributed by atoms with E-state index in [1.165, 1.54) is 24.8 Å². The van der Waals surface area contributed by atoms with Crippen LogP contribution in [0.25, 0.3) is 11.0 Å². The highest BCUT2D eigenvalue weighted by Gasteiger charge is 2.24. The second kappa shape index (κ2) is 5.53. The molecule has 112 valence electrons. The molecular formula is C17H21NO3. The van der Waals surface area contributed by atoms with Gasteiger partial charge in [0.15, 0.2) is 0 Å². The van der Waals surface area contributed by atoms with Crippen LogP contribution in [0, 0.1) is 0 Å². The van der Waals surface area contributed by atoms with Gasteiger partial charge < -0.3 is 9.52 Å². The van der Waals surface area contributed by atoms with Crippen molar-refractivity contribution in [1.82, 2.24) is 4.90 Å². The molecule has 21 heavy (non-hydrogen) atoms. The zero-order chi connectivity index (χ0) is 15.0. The summed E-state index contributed by atoms with van der Waals surface area (Å²) in [4.78, 5) is 13.5. The van der Waals surface area contributed by atoms with E-state index in [0.717, 1.165) is 11.9 Å². The summed E-state index contributed by atoms with van der Waals surface area (Å²) in [6, 6.07) is 8.75. The maximum Gasteiger partial charge on any atom is 0.371 e. The number of furan rings is 1. The number of fused-ring (bicyclic) bond motifs is 1. The van der Waals surface area contributed by atoms with Crippen molar-refractivity contribution in [2.75, 3.05) is 0 Å². The first-order valence-corrected chi connectivity index (χ1v) is 7.56. The van der Waals surface area contributed by atoms with Crippen molar-refractivity contribution in [2.24, 2.45) is 0 Å². The molecule has 1 aliphatic heterocycles. The molecule has 1 saturated heterocycles. The third kappa shape index (κ3) is 2.81. The predicted octanol–water partition coefficient (Wildman–Crippen LogP) is 3.89. The smallest absolute Gasteiger partial charge is 0.371 e. The van der Waals surface area contributed by atoms with Crippen LogP contribution in [0.3, 0.4) is 0 Å². The molecule has 2 heterocycles. The second-order valence-electron chi connectivity index (χ2n) is 6.09. The minimum Gasteiger partial charge on any atom is -0.475 e. The lowest BCUT2D eigenvalue weighted by molar-refractivity contribution is 0.0665. The van der Waals surface area contributed by atoms with Gasteiger partial charge in [-0.2, -0.15) is 0 Å². The van der Waals surface area contributed by atoms with Gasteiger partial charge in [-0.15, -0.1) is 0 Å². The second-order valence-corrected chi connectivity index (χ2v) is 6.09. The molecule has 1 aromatic carbocycles. The standard InChI is InChI=1S/C17H21NO3/c1-11-4-3-5-12(2)18(11)10-13-6-7-15-14(8-13)9-16(21-15)17(19)20/h6-9,11-12H,3-5,10H2,1-2H3,(H,19,20). The number of hydrogen-bond acceptors (Lipinski definition) is 3. The van der Waals surface area contributed by atoms with Crippen LogP contribution in [-0.2, 0) is 6.54 Å². The molecule has 0 spiro atoms. The minimum absolute atomic E-state index is 0.00172. The van der Waals surface area contributed by atoms with E-state index in [-0.39, 0.29) is 5.76 Å². The first-order chi connectivity index (χ1) is 10.0. The number of hydrogen-bond donors (Lipinski definition) is 1. The first kappa shape index (κ1) is 14.1. The van der Waals surface area contributed by atoms with Crippen molar-refractivity contribution >= 4 is 16.9 Å². The number of carboxylic acids is 1. The van der Waals surface area contributed by atoms with Crippen molar-refractivity contribution < 1.29 is 14.3 Å². The van der Waals surface area contributed by atoms with Gasteiger partial charge in [-0.25, -0.2) is 4.79 Å². The maximum atomic E-state index is 11.0. The van der Waals surface area contributed by atoms with Gasteiger partial charge in [0.25, 0.3) is 0 Å². The monoisotopic (exact) mass is 287 g/mol. The van der Waals surface area contributed by atoms with Crippen molar-refractivity contribution in [1.29, 1.82) is 0 Å². The van der Waals surface area contributed by atoms with Gasteiger partial charge in [0.2, 0.25) is 5.76 Å². The molecule has 0 radical (unpaired) electrons. The quantitative estimate of drug-likeness (QED) is 0.930. The number of rotatable bonds is 3. The molecule has 2 unspecified atom stereocenters. The Morgan fingerprint density at radius 3 is 2.67 bits per heavy atom. The highest BCUT2D eigenvalue weighted by Crippen LogP contribution is 2.26. The van der Waals surface area contributed by atoms with Crippen LogP contribution in [0.2, 0.25) is 0 Å². The number of nitrogens with zero attached hydrogens (tertiary/aromatic N) is 1. The summed E-state index contributed by atoms with van der Waals surface area (Å²) in [5.74, 6) is -1.02. The van der Waals surface area contributed by atoms with E-state index in [9.17, 15) is 4.79 Å².